The van der Waals surface area contributed by atoms with E-state index in [1.54, 1.807) is 0 Å². The van der Waals surface area contributed by atoms with Crippen molar-refractivity contribution in [2.75, 3.05) is 0 Å². The molecule has 0 aromatic rings. The molecule has 0 aromatic heterocycles. The third-order valence-corrected chi connectivity index (χ3v) is 2.67. The lowest BCUT2D eigenvalue weighted by Gasteiger charge is -1.97. The lowest BCUT2D eigenvalue weighted by Crippen LogP contribution is -1.99. The molecule has 1 saturated carbocycles. The molecule has 0 unspecified atom stereocenters. The number of carbonyl (C=O) groups is 1. The van der Waals surface area contributed by atoms with Crippen molar-refractivity contribution in [2.24, 2.45) is 11.8 Å². The highest BCUT2D eigenvalue weighted by molar-refractivity contribution is 5.73. The monoisotopic (exact) mass is 170 g/mol. The Morgan fingerprint density at radius 1 is 1.42 bits per heavy atom. The third kappa shape index (κ3) is 2.84. The molecule has 1 N–H and O–H groups in total. The lowest BCUT2D eigenvalue weighted by atomic mass is 10.1. The molecule has 0 bridgehead atoms. The molecular weight excluding hydrogens is 152 g/mol. The second-order valence-electron chi connectivity index (χ2n) is 3.79. The second-order valence-corrected chi connectivity index (χ2v) is 3.79. The van der Waals surface area contributed by atoms with Crippen LogP contribution in [-0.2, 0) is 4.79 Å². The molecule has 1 rings (SSSR count). The summed E-state index contributed by atoms with van der Waals surface area (Å²) in [6.07, 6.45) is 7.12. The predicted molar refractivity (Wildman–Crippen MR) is 48.0 cm³/mol. The van der Waals surface area contributed by atoms with Crippen molar-refractivity contribution in [1.82, 2.24) is 0 Å². The number of hydrogen-bond donors (Lipinski definition) is 1. The molecule has 1 aliphatic carbocycles. The van der Waals surface area contributed by atoms with Crippen molar-refractivity contribution in [2.45, 2.75) is 45.4 Å². The van der Waals surface area contributed by atoms with Gasteiger partial charge in [0.2, 0.25) is 0 Å². The number of carboxylic acid groups (broad SMARTS) is 1. The number of carboxylic acids is 1. The van der Waals surface area contributed by atoms with E-state index >= 15 is 0 Å². The summed E-state index contributed by atoms with van der Waals surface area (Å²) in [7, 11) is 0. The summed E-state index contributed by atoms with van der Waals surface area (Å²) in [6, 6.07) is 0. The Hall–Kier alpha value is -0.530. The molecule has 0 spiro atoms. The summed E-state index contributed by atoms with van der Waals surface area (Å²) < 4.78 is 0. The SMILES string of the molecule is CCCCCC[C@@H]1C[C@H]1C(=O)O. The first-order chi connectivity index (χ1) is 5.75. The van der Waals surface area contributed by atoms with Crippen LogP contribution in [0, 0.1) is 11.8 Å². The Morgan fingerprint density at radius 2 is 2.17 bits per heavy atom. The molecule has 2 nitrogen and oxygen atoms in total. The highest BCUT2D eigenvalue weighted by Gasteiger charge is 2.42. The van der Waals surface area contributed by atoms with Crippen LogP contribution in [0.1, 0.15) is 45.4 Å². The third-order valence-electron chi connectivity index (χ3n) is 2.67. The zero-order valence-corrected chi connectivity index (χ0v) is 7.75. The van der Waals surface area contributed by atoms with Gasteiger partial charge in [0.15, 0.2) is 0 Å². The van der Waals surface area contributed by atoms with Gasteiger partial charge in [0.25, 0.3) is 0 Å². The van der Waals surface area contributed by atoms with E-state index < -0.39 is 5.97 Å². The van der Waals surface area contributed by atoms with Crippen LogP contribution >= 0.6 is 0 Å². The van der Waals surface area contributed by atoms with E-state index in [4.69, 9.17) is 5.11 Å². The lowest BCUT2D eigenvalue weighted by molar-refractivity contribution is -0.138. The van der Waals surface area contributed by atoms with Gasteiger partial charge in [-0.1, -0.05) is 32.6 Å². The van der Waals surface area contributed by atoms with E-state index in [2.05, 4.69) is 6.92 Å². The average Bonchev–Trinajstić information content (AvgIpc) is 2.77. The fraction of sp³-hybridized carbons (Fsp3) is 0.900. The van der Waals surface area contributed by atoms with E-state index in [9.17, 15) is 4.79 Å². The van der Waals surface area contributed by atoms with Crippen molar-refractivity contribution >= 4 is 5.97 Å². The zero-order chi connectivity index (χ0) is 8.97. The average molecular weight is 170 g/mol. The second kappa shape index (κ2) is 4.48. The maximum atomic E-state index is 10.5. The Labute approximate surface area is 74.0 Å². The topological polar surface area (TPSA) is 37.3 Å². The molecule has 2 atom stereocenters. The zero-order valence-electron chi connectivity index (χ0n) is 7.75. The van der Waals surface area contributed by atoms with Crippen LogP contribution in [0.15, 0.2) is 0 Å². The number of unbranched alkanes of at least 4 members (excludes halogenated alkanes) is 3. The van der Waals surface area contributed by atoms with Gasteiger partial charge in [0, 0.05) is 0 Å². The highest BCUT2D eigenvalue weighted by Crippen LogP contribution is 2.42. The first-order valence-corrected chi connectivity index (χ1v) is 4.98. The Kier molecular flexibility index (Phi) is 3.57. The quantitative estimate of drug-likeness (QED) is 0.622. The molecular formula is C10H18O2. The fourth-order valence-corrected chi connectivity index (χ4v) is 1.70. The molecule has 0 heterocycles. The minimum atomic E-state index is -0.588. The summed E-state index contributed by atoms with van der Waals surface area (Å²) in [5.41, 5.74) is 0. The van der Waals surface area contributed by atoms with Crippen molar-refractivity contribution in [3.63, 3.8) is 0 Å². The van der Waals surface area contributed by atoms with Crippen molar-refractivity contribution < 1.29 is 9.90 Å². The Bertz CT molecular complexity index is 154. The molecule has 1 aliphatic rings. The highest BCUT2D eigenvalue weighted by atomic mass is 16.4. The molecule has 0 saturated heterocycles. The van der Waals surface area contributed by atoms with Gasteiger partial charge < -0.3 is 5.11 Å². The number of rotatable bonds is 6. The maximum Gasteiger partial charge on any atom is 0.306 e. The van der Waals surface area contributed by atoms with Gasteiger partial charge in [-0.15, -0.1) is 0 Å². The van der Waals surface area contributed by atoms with Crippen molar-refractivity contribution in [3.05, 3.63) is 0 Å². The molecule has 0 aromatic carbocycles. The molecule has 0 amide bonds. The minimum absolute atomic E-state index is 0.00614. The van der Waals surface area contributed by atoms with Crippen LogP contribution in [-0.4, -0.2) is 11.1 Å². The number of hydrogen-bond acceptors (Lipinski definition) is 1. The van der Waals surface area contributed by atoms with Crippen LogP contribution in [0.5, 0.6) is 0 Å². The maximum absolute atomic E-state index is 10.5. The van der Waals surface area contributed by atoms with Crippen LogP contribution in [0.25, 0.3) is 0 Å². The predicted octanol–water partition coefficient (Wildman–Crippen LogP) is 2.68. The van der Waals surface area contributed by atoms with E-state index in [1.165, 1.54) is 25.7 Å². The first-order valence-electron chi connectivity index (χ1n) is 4.98. The van der Waals surface area contributed by atoms with Crippen LogP contribution in [0.3, 0.4) is 0 Å². The van der Waals surface area contributed by atoms with E-state index in [0.717, 1.165) is 12.8 Å². The summed E-state index contributed by atoms with van der Waals surface area (Å²) in [5.74, 6) is -0.0681. The van der Waals surface area contributed by atoms with Crippen molar-refractivity contribution in [3.8, 4) is 0 Å². The van der Waals surface area contributed by atoms with Gasteiger partial charge in [-0.25, -0.2) is 0 Å². The smallest absolute Gasteiger partial charge is 0.306 e. The molecule has 0 aliphatic heterocycles. The summed E-state index contributed by atoms with van der Waals surface area (Å²) in [6.45, 7) is 2.19. The van der Waals surface area contributed by atoms with Crippen LogP contribution < -0.4 is 0 Å². The van der Waals surface area contributed by atoms with Gasteiger partial charge >= 0.3 is 5.97 Å². The van der Waals surface area contributed by atoms with Gasteiger partial charge in [-0.3, -0.25) is 4.79 Å². The van der Waals surface area contributed by atoms with Crippen LogP contribution in [0.2, 0.25) is 0 Å². The number of aliphatic carboxylic acids is 1. The van der Waals surface area contributed by atoms with Gasteiger partial charge in [0.1, 0.15) is 0 Å². The summed E-state index contributed by atoms with van der Waals surface area (Å²) >= 11 is 0. The normalized spacial score (nSPS) is 27.1. The van der Waals surface area contributed by atoms with E-state index in [-0.39, 0.29) is 5.92 Å². The van der Waals surface area contributed by atoms with E-state index in [0.29, 0.717) is 5.92 Å². The van der Waals surface area contributed by atoms with E-state index in [1.807, 2.05) is 0 Å². The summed E-state index contributed by atoms with van der Waals surface area (Å²) in [5, 5.41) is 8.63. The molecule has 0 radical (unpaired) electrons. The van der Waals surface area contributed by atoms with Gasteiger partial charge in [-0.05, 0) is 18.8 Å². The minimum Gasteiger partial charge on any atom is -0.481 e. The Balaban J connectivity index is 1.93. The van der Waals surface area contributed by atoms with Crippen molar-refractivity contribution in [1.29, 1.82) is 0 Å². The fourth-order valence-electron chi connectivity index (χ4n) is 1.70. The first kappa shape index (κ1) is 9.56. The van der Waals surface area contributed by atoms with Gasteiger partial charge in [0.05, 0.1) is 5.92 Å². The van der Waals surface area contributed by atoms with Gasteiger partial charge in [-0.2, -0.15) is 0 Å². The standard InChI is InChI=1S/C10H18O2/c1-2-3-4-5-6-8-7-9(8)10(11)12/h8-9H,2-7H2,1H3,(H,11,12)/t8-,9-/m1/s1. The molecule has 1 fully saturated rings. The molecule has 12 heavy (non-hydrogen) atoms. The Morgan fingerprint density at radius 3 is 2.67 bits per heavy atom. The summed E-state index contributed by atoms with van der Waals surface area (Å²) in [4.78, 5) is 10.5. The largest absolute Gasteiger partial charge is 0.481 e. The van der Waals surface area contributed by atoms with Crippen LogP contribution in [0.4, 0.5) is 0 Å². The molecule has 2 heteroatoms. The molecule has 70 valence electrons.